The molecule has 1 atom stereocenters. The summed E-state index contributed by atoms with van der Waals surface area (Å²) in [7, 11) is -1.92. The summed E-state index contributed by atoms with van der Waals surface area (Å²) in [5, 5.41) is 26.0. The molecule has 0 radical (unpaired) electrons. The summed E-state index contributed by atoms with van der Waals surface area (Å²) < 4.78 is 0. The van der Waals surface area contributed by atoms with Gasteiger partial charge in [-0.25, -0.2) is 0 Å². The molecule has 1 aliphatic rings. The van der Waals surface area contributed by atoms with E-state index >= 15 is 0 Å². The molecule has 92 valence electrons. The molecule has 1 aromatic carbocycles. The first-order chi connectivity index (χ1) is 8.56. The minimum Gasteiger partial charge on any atom is -0.481 e. The number of carboxylic acids is 1. The van der Waals surface area contributed by atoms with Gasteiger partial charge in [0.1, 0.15) is 5.31 Å². The van der Waals surface area contributed by atoms with Crippen LogP contribution in [-0.2, 0) is 4.79 Å². The van der Waals surface area contributed by atoms with Crippen molar-refractivity contribution in [2.24, 2.45) is 0 Å². The van der Waals surface area contributed by atoms with E-state index in [1.54, 1.807) is 12.2 Å². The summed E-state index contributed by atoms with van der Waals surface area (Å²) in [6.07, 6.45) is 4.73. The second kappa shape index (κ2) is 4.80. The predicted octanol–water partition coefficient (Wildman–Crippen LogP) is 1.33. The number of allylic oxidation sites excluding steroid dienone is 3. The molecule has 0 amide bonds. The lowest BCUT2D eigenvalue weighted by atomic mass is 9.54. The first kappa shape index (κ1) is 12.6. The largest absolute Gasteiger partial charge is 0.481 e. The highest BCUT2D eigenvalue weighted by Gasteiger charge is 2.47. The van der Waals surface area contributed by atoms with Crippen molar-refractivity contribution < 1.29 is 19.9 Å². The number of benzene rings is 1. The fourth-order valence-corrected chi connectivity index (χ4v) is 1.96. The minimum absolute atomic E-state index is 0.0563. The Morgan fingerprint density at radius 3 is 2.33 bits per heavy atom. The number of carboxylic acid groups (broad SMARTS) is 1. The fourth-order valence-electron chi connectivity index (χ4n) is 1.96. The number of hydrogen-bond acceptors (Lipinski definition) is 3. The number of aliphatic carboxylic acids is 1. The Kier molecular flexibility index (Phi) is 3.36. The molecule has 0 saturated heterocycles. The van der Waals surface area contributed by atoms with Crippen molar-refractivity contribution >= 4 is 18.7 Å². The molecular formula is C13H13BO4. The Labute approximate surface area is 105 Å². The number of hydrogen-bond donors (Lipinski definition) is 3. The third-order valence-electron chi connectivity index (χ3n) is 3.19. The summed E-state index contributed by atoms with van der Waals surface area (Å²) in [4.78, 5) is 11.2. The smallest absolute Gasteiger partial charge is 0.474 e. The average Bonchev–Trinajstić information content (AvgIpc) is 2.39. The Morgan fingerprint density at radius 1 is 1.22 bits per heavy atom. The highest BCUT2D eigenvalue weighted by Crippen LogP contribution is 2.40. The standard InChI is InChI=1S/C13H13BO4/c15-12(16)13(14(17)18)8-6-11(7-9-13)10-4-2-1-3-5-10/h1-8,17-18H,9H2,(H,15,16). The van der Waals surface area contributed by atoms with Crippen LogP contribution in [0, 0.1) is 0 Å². The van der Waals surface area contributed by atoms with Gasteiger partial charge in [0.25, 0.3) is 0 Å². The highest BCUT2D eigenvalue weighted by atomic mass is 16.4. The Balaban J connectivity index is 2.28. The van der Waals surface area contributed by atoms with E-state index in [4.69, 9.17) is 5.11 Å². The van der Waals surface area contributed by atoms with Gasteiger partial charge < -0.3 is 15.2 Å². The lowest BCUT2D eigenvalue weighted by Crippen LogP contribution is -2.38. The van der Waals surface area contributed by atoms with Gasteiger partial charge in [0.15, 0.2) is 0 Å². The molecule has 2 rings (SSSR count). The predicted molar refractivity (Wildman–Crippen MR) is 68.7 cm³/mol. The second-order valence-corrected chi connectivity index (χ2v) is 4.28. The van der Waals surface area contributed by atoms with E-state index in [0.29, 0.717) is 0 Å². The van der Waals surface area contributed by atoms with Gasteiger partial charge in [0.05, 0.1) is 0 Å². The number of carbonyl (C=O) groups is 1. The van der Waals surface area contributed by atoms with E-state index in [1.807, 2.05) is 30.3 Å². The van der Waals surface area contributed by atoms with Crippen LogP contribution in [0.4, 0.5) is 0 Å². The van der Waals surface area contributed by atoms with Crippen molar-refractivity contribution in [2.45, 2.75) is 11.7 Å². The van der Waals surface area contributed by atoms with E-state index < -0.39 is 18.4 Å². The zero-order valence-electron chi connectivity index (χ0n) is 9.65. The SMILES string of the molecule is O=C(O)C1(B(O)O)C=CC(c2ccccc2)=CC1. The van der Waals surface area contributed by atoms with Crippen LogP contribution < -0.4 is 0 Å². The van der Waals surface area contributed by atoms with Crippen molar-refractivity contribution in [1.82, 2.24) is 0 Å². The monoisotopic (exact) mass is 244 g/mol. The quantitative estimate of drug-likeness (QED) is 0.701. The molecule has 0 bridgehead atoms. The first-order valence-corrected chi connectivity index (χ1v) is 5.60. The zero-order chi connectivity index (χ0) is 13.2. The zero-order valence-corrected chi connectivity index (χ0v) is 9.65. The maximum Gasteiger partial charge on any atom is 0.474 e. The van der Waals surface area contributed by atoms with Crippen molar-refractivity contribution in [1.29, 1.82) is 0 Å². The maximum atomic E-state index is 11.2. The van der Waals surface area contributed by atoms with E-state index in [2.05, 4.69) is 0 Å². The van der Waals surface area contributed by atoms with E-state index in [1.165, 1.54) is 6.08 Å². The van der Waals surface area contributed by atoms with Crippen molar-refractivity contribution in [3.8, 4) is 0 Å². The van der Waals surface area contributed by atoms with Gasteiger partial charge in [-0.05, 0) is 17.6 Å². The normalized spacial score (nSPS) is 22.4. The van der Waals surface area contributed by atoms with Crippen LogP contribution in [0.5, 0.6) is 0 Å². The Bertz CT molecular complexity index is 507. The molecule has 0 aromatic heterocycles. The van der Waals surface area contributed by atoms with Gasteiger partial charge in [-0.2, -0.15) is 0 Å². The topological polar surface area (TPSA) is 77.8 Å². The molecule has 0 aliphatic heterocycles. The van der Waals surface area contributed by atoms with Gasteiger partial charge in [-0.15, -0.1) is 0 Å². The molecule has 5 heteroatoms. The summed E-state index contributed by atoms with van der Waals surface area (Å²) in [6, 6.07) is 9.52. The minimum atomic E-state index is -1.92. The lowest BCUT2D eigenvalue weighted by molar-refractivity contribution is -0.139. The molecule has 0 heterocycles. The first-order valence-electron chi connectivity index (χ1n) is 5.60. The van der Waals surface area contributed by atoms with Crippen LogP contribution in [0.1, 0.15) is 12.0 Å². The van der Waals surface area contributed by atoms with Crippen LogP contribution in [0.15, 0.2) is 48.6 Å². The summed E-state index contributed by atoms with van der Waals surface area (Å²) in [5.74, 6) is -1.24. The third kappa shape index (κ3) is 2.10. The molecular weight excluding hydrogens is 231 g/mol. The molecule has 1 aliphatic carbocycles. The third-order valence-corrected chi connectivity index (χ3v) is 3.19. The molecule has 3 N–H and O–H groups in total. The second-order valence-electron chi connectivity index (χ2n) is 4.28. The van der Waals surface area contributed by atoms with Crippen LogP contribution in [0.2, 0.25) is 5.31 Å². The Morgan fingerprint density at radius 2 is 1.89 bits per heavy atom. The fraction of sp³-hybridized carbons (Fsp3) is 0.154. The Hall–Kier alpha value is -1.85. The molecule has 1 aromatic rings. The van der Waals surface area contributed by atoms with Gasteiger partial charge in [0.2, 0.25) is 0 Å². The van der Waals surface area contributed by atoms with Gasteiger partial charge in [-0.3, -0.25) is 4.79 Å². The van der Waals surface area contributed by atoms with Gasteiger partial charge in [-0.1, -0.05) is 48.6 Å². The van der Waals surface area contributed by atoms with Crippen LogP contribution >= 0.6 is 0 Å². The average molecular weight is 244 g/mol. The van der Waals surface area contributed by atoms with E-state index in [-0.39, 0.29) is 6.42 Å². The summed E-state index contributed by atoms with van der Waals surface area (Å²) in [5.41, 5.74) is 1.85. The molecule has 0 fully saturated rings. The molecule has 4 nitrogen and oxygen atoms in total. The molecule has 0 saturated carbocycles. The van der Waals surface area contributed by atoms with Crippen molar-refractivity contribution in [2.75, 3.05) is 0 Å². The van der Waals surface area contributed by atoms with Crippen LogP contribution in [0.25, 0.3) is 5.57 Å². The summed E-state index contributed by atoms with van der Waals surface area (Å²) >= 11 is 0. The lowest BCUT2D eigenvalue weighted by Gasteiger charge is -2.26. The van der Waals surface area contributed by atoms with Crippen LogP contribution in [-0.4, -0.2) is 28.2 Å². The maximum absolute atomic E-state index is 11.2. The van der Waals surface area contributed by atoms with Gasteiger partial charge >= 0.3 is 13.1 Å². The van der Waals surface area contributed by atoms with E-state index in [9.17, 15) is 14.8 Å². The molecule has 1 unspecified atom stereocenters. The van der Waals surface area contributed by atoms with E-state index in [0.717, 1.165) is 11.1 Å². The van der Waals surface area contributed by atoms with Gasteiger partial charge in [0, 0.05) is 0 Å². The molecule has 0 spiro atoms. The van der Waals surface area contributed by atoms with Crippen molar-refractivity contribution in [3.05, 3.63) is 54.1 Å². The number of rotatable bonds is 3. The summed E-state index contributed by atoms with van der Waals surface area (Å²) in [6.45, 7) is 0. The van der Waals surface area contributed by atoms with Crippen molar-refractivity contribution in [3.63, 3.8) is 0 Å². The molecule has 18 heavy (non-hydrogen) atoms. The van der Waals surface area contributed by atoms with Crippen LogP contribution in [0.3, 0.4) is 0 Å². The highest BCUT2D eigenvalue weighted by molar-refractivity contribution is 6.52.